The molecule has 0 aliphatic heterocycles. The molecule has 0 bridgehead atoms. The van der Waals surface area contributed by atoms with Gasteiger partial charge in [0.1, 0.15) is 0 Å². The van der Waals surface area contributed by atoms with Crippen LogP contribution in [0.3, 0.4) is 0 Å². The number of esters is 1. The molecule has 0 rings (SSSR count). The van der Waals surface area contributed by atoms with Crippen LogP contribution in [0.1, 0.15) is 188 Å². The van der Waals surface area contributed by atoms with E-state index >= 15 is 0 Å². The molecule has 34 heavy (non-hydrogen) atoms. The number of unbranched alkanes of at least 4 members (excludes halogenated alkanes) is 21. The van der Waals surface area contributed by atoms with Gasteiger partial charge in [-0.25, -0.2) is 0 Å². The number of hydrogen-bond donors (Lipinski definition) is 0. The Kier molecular flexibility index (Phi) is 28.3. The van der Waals surface area contributed by atoms with E-state index in [1.807, 2.05) is 0 Å². The predicted octanol–water partition coefficient (Wildman–Crippen LogP) is 11.3. The van der Waals surface area contributed by atoms with Gasteiger partial charge in [0.25, 0.3) is 0 Å². The molecule has 0 spiro atoms. The standard InChI is InChI=1S/C32H64O2/c1-4-6-7-8-9-16-20-23-26-29-32(33)34-30-27-24-21-18-15-13-11-10-12-14-17-19-22-25-28-31(3)5-2/h31H,4-30H2,1-3H3. The van der Waals surface area contributed by atoms with Crippen LogP contribution in [0.25, 0.3) is 0 Å². The molecule has 0 saturated carbocycles. The third-order valence-corrected chi connectivity index (χ3v) is 7.54. The molecule has 0 aromatic carbocycles. The van der Waals surface area contributed by atoms with Gasteiger partial charge >= 0.3 is 5.97 Å². The number of carbonyl (C=O) groups excluding carboxylic acids is 1. The van der Waals surface area contributed by atoms with Crippen molar-refractivity contribution in [3.8, 4) is 0 Å². The maximum Gasteiger partial charge on any atom is 0.305 e. The number of rotatable bonds is 28. The minimum Gasteiger partial charge on any atom is -0.466 e. The lowest BCUT2D eigenvalue weighted by molar-refractivity contribution is -0.143. The molecule has 0 N–H and O–H groups in total. The summed E-state index contributed by atoms with van der Waals surface area (Å²) >= 11 is 0. The van der Waals surface area contributed by atoms with Crippen molar-refractivity contribution in [2.45, 2.75) is 188 Å². The molecular weight excluding hydrogens is 416 g/mol. The zero-order valence-electron chi connectivity index (χ0n) is 24.0. The molecule has 0 saturated heterocycles. The van der Waals surface area contributed by atoms with Gasteiger partial charge in [-0.3, -0.25) is 4.79 Å². The molecule has 0 heterocycles. The molecule has 2 heteroatoms. The third-order valence-electron chi connectivity index (χ3n) is 7.54. The van der Waals surface area contributed by atoms with E-state index in [9.17, 15) is 4.79 Å². The lowest BCUT2D eigenvalue weighted by atomic mass is 9.99. The van der Waals surface area contributed by atoms with E-state index in [4.69, 9.17) is 4.74 Å². The minimum absolute atomic E-state index is 0.0223. The summed E-state index contributed by atoms with van der Waals surface area (Å²) in [4.78, 5) is 11.8. The average molecular weight is 481 g/mol. The van der Waals surface area contributed by atoms with Gasteiger partial charge in [0, 0.05) is 6.42 Å². The molecule has 1 unspecified atom stereocenters. The summed E-state index contributed by atoms with van der Waals surface area (Å²) in [6.07, 6.45) is 34.2. The highest BCUT2D eigenvalue weighted by Crippen LogP contribution is 2.16. The molecule has 0 fully saturated rings. The van der Waals surface area contributed by atoms with Crippen molar-refractivity contribution >= 4 is 5.97 Å². The summed E-state index contributed by atoms with van der Waals surface area (Å²) in [6, 6.07) is 0. The van der Waals surface area contributed by atoms with Gasteiger partial charge in [-0.1, -0.05) is 168 Å². The van der Waals surface area contributed by atoms with Crippen LogP contribution < -0.4 is 0 Å². The number of carbonyl (C=O) groups is 1. The van der Waals surface area contributed by atoms with E-state index in [-0.39, 0.29) is 5.97 Å². The topological polar surface area (TPSA) is 26.3 Å². The fraction of sp³-hybridized carbons (Fsp3) is 0.969. The second kappa shape index (κ2) is 28.7. The molecule has 204 valence electrons. The van der Waals surface area contributed by atoms with Gasteiger partial charge in [-0.15, -0.1) is 0 Å². The number of ether oxygens (including phenoxy) is 1. The van der Waals surface area contributed by atoms with Crippen molar-refractivity contribution in [2.75, 3.05) is 6.61 Å². The van der Waals surface area contributed by atoms with Gasteiger partial charge in [-0.2, -0.15) is 0 Å². The van der Waals surface area contributed by atoms with E-state index in [1.54, 1.807) is 0 Å². The summed E-state index contributed by atoms with van der Waals surface area (Å²) in [7, 11) is 0. The summed E-state index contributed by atoms with van der Waals surface area (Å²) in [6.45, 7) is 7.59. The Balaban J connectivity index is 3.14. The molecule has 2 nitrogen and oxygen atoms in total. The Morgan fingerprint density at radius 1 is 0.529 bits per heavy atom. The zero-order chi connectivity index (χ0) is 25.0. The van der Waals surface area contributed by atoms with Gasteiger partial charge in [0.15, 0.2) is 0 Å². The Labute approximate surface area is 215 Å². The van der Waals surface area contributed by atoms with Gasteiger partial charge < -0.3 is 4.74 Å². The van der Waals surface area contributed by atoms with Crippen LogP contribution in [-0.4, -0.2) is 12.6 Å². The quantitative estimate of drug-likeness (QED) is 0.0821. The normalized spacial score (nSPS) is 12.2. The molecule has 0 amide bonds. The largest absolute Gasteiger partial charge is 0.466 e. The van der Waals surface area contributed by atoms with Crippen LogP contribution in [0, 0.1) is 5.92 Å². The highest BCUT2D eigenvalue weighted by Gasteiger charge is 2.03. The third kappa shape index (κ3) is 27.7. The number of hydrogen-bond acceptors (Lipinski definition) is 2. The first-order valence-corrected chi connectivity index (χ1v) is 15.9. The maximum absolute atomic E-state index is 11.8. The lowest BCUT2D eigenvalue weighted by Crippen LogP contribution is -2.05. The van der Waals surface area contributed by atoms with Crippen molar-refractivity contribution < 1.29 is 9.53 Å². The van der Waals surface area contributed by atoms with Crippen molar-refractivity contribution in [2.24, 2.45) is 5.92 Å². The zero-order valence-corrected chi connectivity index (χ0v) is 24.0. The highest BCUT2D eigenvalue weighted by molar-refractivity contribution is 5.69. The van der Waals surface area contributed by atoms with E-state index in [0.717, 1.165) is 18.8 Å². The Hall–Kier alpha value is -0.530. The van der Waals surface area contributed by atoms with Crippen molar-refractivity contribution in [1.29, 1.82) is 0 Å². The molecule has 1 atom stereocenters. The Bertz CT molecular complexity index is 392. The fourth-order valence-electron chi connectivity index (χ4n) is 4.76. The minimum atomic E-state index is 0.0223. The van der Waals surface area contributed by atoms with Crippen molar-refractivity contribution in [3.05, 3.63) is 0 Å². The summed E-state index contributed by atoms with van der Waals surface area (Å²) < 4.78 is 5.40. The molecule has 0 radical (unpaired) electrons. The van der Waals surface area contributed by atoms with Crippen molar-refractivity contribution in [3.63, 3.8) is 0 Å². The molecule has 0 aliphatic carbocycles. The van der Waals surface area contributed by atoms with E-state index in [2.05, 4.69) is 20.8 Å². The molecule has 0 aromatic heterocycles. The second-order valence-corrected chi connectivity index (χ2v) is 11.1. The van der Waals surface area contributed by atoms with Gasteiger partial charge in [-0.05, 0) is 18.8 Å². The van der Waals surface area contributed by atoms with E-state index < -0.39 is 0 Å². The first kappa shape index (κ1) is 33.5. The first-order valence-electron chi connectivity index (χ1n) is 15.9. The lowest BCUT2D eigenvalue weighted by Gasteiger charge is -2.07. The highest BCUT2D eigenvalue weighted by atomic mass is 16.5. The Morgan fingerprint density at radius 3 is 1.35 bits per heavy atom. The SMILES string of the molecule is CCCCCCCCCCCC(=O)OCCCCCCCCCCCCCCCCC(C)CC. The molecule has 0 aliphatic rings. The maximum atomic E-state index is 11.8. The fourth-order valence-corrected chi connectivity index (χ4v) is 4.76. The van der Waals surface area contributed by atoms with Crippen LogP contribution in [0.15, 0.2) is 0 Å². The predicted molar refractivity (Wildman–Crippen MR) is 152 cm³/mol. The average Bonchev–Trinajstić information content (AvgIpc) is 2.84. The van der Waals surface area contributed by atoms with Crippen molar-refractivity contribution in [1.82, 2.24) is 0 Å². The Morgan fingerprint density at radius 2 is 0.912 bits per heavy atom. The molecule has 0 aromatic rings. The van der Waals surface area contributed by atoms with Crippen LogP contribution in [0.5, 0.6) is 0 Å². The summed E-state index contributed by atoms with van der Waals surface area (Å²) in [5, 5.41) is 0. The van der Waals surface area contributed by atoms with Crippen LogP contribution in [0.4, 0.5) is 0 Å². The summed E-state index contributed by atoms with van der Waals surface area (Å²) in [5.41, 5.74) is 0. The monoisotopic (exact) mass is 480 g/mol. The van der Waals surface area contributed by atoms with Gasteiger partial charge in [0.2, 0.25) is 0 Å². The smallest absolute Gasteiger partial charge is 0.305 e. The van der Waals surface area contributed by atoms with Crippen LogP contribution in [0.2, 0.25) is 0 Å². The van der Waals surface area contributed by atoms with Gasteiger partial charge in [0.05, 0.1) is 6.61 Å². The van der Waals surface area contributed by atoms with Crippen LogP contribution in [-0.2, 0) is 9.53 Å². The second-order valence-electron chi connectivity index (χ2n) is 11.1. The first-order chi connectivity index (χ1) is 16.7. The summed E-state index contributed by atoms with van der Waals surface area (Å²) in [5.74, 6) is 0.950. The van der Waals surface area contributed by atoms with E-state index in [0.29, 0.717) is 13.0 Å². The van der Waals surface area contributed by atoms with E-state index in [1.165, 1.54) is 148 Å². The van der Waals surface area contributed by atoms with Crippen LogP contribution >= 0.6 is 0 Å². The molecular formula is C32H64O2.